The molecule has 2 N–H and O–H groups in total. The zero-order chi connectivity index (χ0) is 10.4. The average molecular weight is 186 g/mol. The molecular formula is C10H22N2O. The van der Waals surface area contributed by atoms with Crippen LogP contribution < -0.4 is 5.73 Å². The van der Waals surface area contributed by atoms with Crippen LogP contribution in [0, 0.1) is 5.92 Å². The molecule has 0 saturated carbocycles. The van der Waals surface area contributed by atoms with Crippen molar-refractivity contribution in [2.75, 3.05) is 13.6 Å². The van der Waals surface area contributed by atoms with E-state index in [4.69, 9.17) is 10.6 Å². The van der Waals surface area contributed by atoms with Crippen LogP contribution in [0.2, 0.25) is 0 Å². The van der Waals surface area contributed by atoms with Gasteiger partial charge >= 0.3 is 0 Å². The van der Waals surface area contributed by atoms with E-state index in [0.29, 0.717) is 12.6 Å². The van der Waals surface area contributed by atoms with Crippen LogP contribution in [0.25, 0.3) is 0 Å². The largest absolute Gasteiger partial charge is 0.409 e. The Morgan fingerprint density at radius 2 is 2.00 bits per heavy atom. The molecule has 3 nitrogen and oxygen atoms in total. The lowest BCUT2D eigenvalue weighted by atomic mass is 10.3. The van der Waals surface area contributed by atoms with Gasteiger partial charge in [0.05, 0.1) is 12.6 Å². The first-order chi connectivity index (χ1) is 5.97. The summed E-state index contributed by atoms with van der Waals surface area (Å²) in [4.78, 5) is 5.19. The maximum atomic E-state index is 5.34. The first-order valence-corrected chi connectivity index (χ1v) is 4.79. The summed E-state index contributed by atoms with van der Waals surface area (Å²) in [6, 6.07) is 0.364. The number of rotatable bonds is 1. The van der Waals surface area contributed by atoms with Crippen molar-refractivity contribution in [2.24, 2.45) is 11.7 Å². The molecule has 1 atom stereocenters. The third-order valence-electron chi connectivity index (χ3n) is 1.46. The number of nitrogens with zero attached hydrogens (tertiary/aromatic N) is 1. The molecule has 1 aliphatic heterocycles. The van der Waals surface area contributed by atoms with E-state index in [9.17, 15) is 0 Å². The predicted molar refractivity (Wildman–Crippen MR) is 56.0 cm³/mol. The van der Waals surface area contributed by atoms with E-state index < -0.39 is 0 Å². The lowest BCUT2D eigenvalue weighted by molar-refractivity contribution is -0.0899. The molecule has 1 rings (SSSR count). The molecule has 0 fully saturated rings. The molecule has 3 heteroatoms. The summed E-state index contributed by atoms with van der Waals surface area (Å²) in [5, 5.41) is 1.78. The Labute approximate surface area is 81.5 Å². The fourth-order valence-corrected chi connectivity index (χ4v) is 0.778. The number of likely N-dealkylation sites (N-methyl/N-ethyl adjacent to an activating group) is 1. The van der Waals surface area contributed by atoms with Crippen molar-refractivity contribution in [3.8, 4) is 0 Å². The van der Waals surface area contributed by atoms with E-state index >= 15 is 0 Å². The van der Waals surface area contributed by atoms with Crippen molar-refractivity contribution in [3.05, 3.63) is 11.8 Å². The molecule has 13 heavy (non-hydrogen) atoms. The Morgan fingerprint density at radius 3 is 2.15 bits per heavy atom. The van der Waals surface area contributed by atoms with Crippen molar-refractivity contribution >= 4 is 0 Å². The molecule has 0 bridgehead atoms. The Bertz CT molecular complexity index is 164. The van der Waals surface area contributed by atoms with Crippen LogP contribution >= 0.6 is 0 Å². The minimum Gasteiger partial charge on any atom is -0.409 e. The van der Waals surface area contributed by atoms with Crippen LogP contribution in [0.15, 0.2) is 11.8 Å². The highest BCUT2D eigenvalue weighted by atomic mass is 16.7. The minimum atomic E-state index is 0.364. The van der Waals surface area contributed by atoms with E-state index in [-0.39, 0.29) is 0 Å². The molecular weight excluding hydrogens is 164 g/mol. The Hall–Kier alpha value is -0.540. The van der Waals surface area contributed by atoms with Gasteiger partial charge in [0.1, 0.15) is 5.76 Å². The van der Waals surface area contributed by atoms with Crippen LogP contribution in [-0.4, -0.2) is 24.7 Å². The van der Waals surface area contributed by atoms with Gasteiger partial charge in [-0.05, 0) is 18.9 Å². The fraction of sp³-hybridized carbons (Fsp3) is 0.800. The van der Waals surface area contributed by atoms with Crippen LogP contribution in [0.1, 0.15) is 27.7 Å². The average Bonchev–Trinajstić information content (AvgIpc) is 2.30. The van der Waals surface area contributed by atoms with Crippen molar-refractivity contribution in [3.63, 3.8) is 0 Å². The molecule has 0 amide bonds. The number of hydrogen-bond acceptors (Lipinski definition) is 3. The summed E-state index contributed by atoms with van der Waals surface area (Å²) in [5.41, 5.74) is 5.34. The quantitative estimate of drug-likeness (QED) is 0.678. The third kappa shape index (κ3) is 5.66. The second-order valence-electron chi connectivity index (χ2n) is 3.95. The van der Waals surface area contributed by atoms with Crippen molar-refractivity contribution in [2.45, 2.75) is 33.7 Å². The van der Waals surface area contributed by atoms with Crippen LogP contribution in [0.4, 0.5) is 0 Å². The second kappa shape index (κ2) is 6.00. The standard InChI is InChI=1S/C6H12N2O.C4H10/c1-5-3-6(4-7)9-8(5)2;1-4(2)3/h3,5H,4,7H2,1-2H3;4H,1-3H3. The zero-order valence-corrected chi connectivity index (χ0v) is 9.37. The Morgan fingerprint density at radius 1 is 1.54 bits per heavy atom. The molecule has 78 valence electrons. The molecule has 1 unspecified atom stereocenters. The van der Waals surface area contributed by atoms with Gasteiger partial charge in [-0.15, -0.1) is 5.06 Å². The first-order valence-electron chi connectivity index (χ1n) is 4.79. The minimum absolute atomic E-state index is 0.364. The van der Waals surface area contributed by atoms with Gasteiger partial charge in [-0.1, -0.05) is 20.8 Å². The maximum Gasteiger partial charge on any atom is 0.135 e. The summed E-state index contributed by atoms with van der Waals surface area (Å²) in [6.07, 6.45) is 2.01. The van der Waals surface area contributed by atoms with Gasteiger partial charge in [0.25, 0.3) is 0 Å². The first kappa shape index (κ1) is 12.5. The molecule has 0 aromatic carbocycles. The zero-order valence-electron chi connectivity index (χ0n) is 9.37. The van der Waals surface area contributed by atoms with E-state index in [1.807, 2.05) is 13.1 Å². The monoisotopic (exact) mass is 186 g/mol. The van der Waals surface area contributed by atoms with E-state index in [1.54, 1.807) is 5.06 Å². The maximum absolute atomic E-state index is 5.34. The van der Waals surface area contributed by atoms with E-state index in [2.05, 4.69) is 27.7 Å². The van der Waals surface area contributed by atoms with Gasteiger partial charge in [-0.25, -0.2) is 0 Å². The molecule has 1 heterocycles. The number of nitrogens with two attached hydrogens (primary N) is 1. The highest BCUT2D eigenvalue weighted by Gasteiger charge is 2.17. The molecule has 0 aliphatic carbocycles. The van der Waals surface area contributed by atoms with Crippen LogP contribution in [-0.2, 0) is 4.84 Å². The Kier molecular flexibility index (Phi) is 5.75. The van der Waals surface area contributed by atoms with Crippen molar-refractivity contribution < 1.29 is 4.84 Å². The van der Waals surface area contributed by atoms with Gasteiger partial charge in [-0.2, -0.15) is 0 Å². The predicted octanol–water partition coefficient (Wildman–Crippen LogP) is 1.76. The molecule has 1 aliphatic rings. The van der Waals surface area contributed by atoms with Gasteiger partial charge in [0.2, 0.25) is 0 Å². The third-order valence-corrected chi connectivity index (χ3v) is 1.46. The van der Waals surface area contributed by atoms with Crippen molar-refractivity contribution in [1.29, 1.82) is 0 Å². The molecule has 0 radical (unpaired) electrons. The summed E-state index contributed by atoms with van der Waals surface area (Å²) in [6.45, 7) is 9.05. The second-order valence-corrected chi connectivity index (χ2v) is 3.95. The molecule has 0 aromatic heterocycles. The summed E-state index contributed by atoms with van der Waals surface area (Å²) >= 11 is 0. The molecule has 0 spiro atoms. The van der Waals surface area contributed by atoms with Gasteiger partial charge < -0.3 is 10.6 Å². The van der Waals surface area contributed by atoms with Gasteiger partial charge in [-0.3, -0.25) is 0 Å². The normalized spacial score (nSPS) is 22.1. The summed E-state index contributed by atoms with van der Waals surface area (Å²) in [5.74, 6) is 1.70. The smallest absolute Gasteiger partial charge is 0.135 e. The van der Waals surface area contributed by atoms with Crippen LogP contribution in [0.5, 0.6) is 0 Å². The lowest BCUT2D eigenvalue weighted by Gasteiger charge is -2.13. The summed E-state index contributed by atoms with van der Waals surface area (Å²) < 4.78 is 0. The summed E-state index contributed by atoms with van der Waals surface area (Å²) in [7, 11) is 1.89. The van der Waals surface area contributed by atoms with Crippen molar-refractivity contribution in [1.82, 2.24) is 5.06 Å². The van der Waals surface area contributed by atoms with Crippen LogP contribution in [0.3, 0.4) is 0 Å². The number of hydrogen-bond donors (Lipinski definition) is 1. The van der Waals surface area contributed by atoms with E-state index in [0.717, 1.165) is 11.7 Å². The SMILES string of the molecule is CC(C)C.CC1C=C(CN)ON1C. The fourth-order valence-electron chi connectivity index (χ4n) is 0.778. The molecule has 0 saturated heterocycles. The Balaban J connectivity index is 0.000000310. The topological polar surface area (TPSA) is 38.5 Å². The van der Waals surface area contributed by atoms with Gasteiger partial charge in [0.15, 0.2) is 0 Å². The highest BCUT2D eigenvalue weighted by Crippen LogP contribution is 2.13. The highest BCUT2D eigenvalue weighted by molar-refractivity contribution is 5.03. The lowest BCUT2D eigenvalue weighted by Crippen LogP contribution is -2.21. The molecule has 0 aromatic rings. The van der Waals surface area contributed by atoms with E-state index in [1.165, 1.54) is 0 Å². The van der Waals surface area contributed by atoms with Gasteiger partial charge in [0, 0.05) is 7.05 Å². The number of hydroxylamine groups is 2.